The molecule has 0 aliphatic heterocycles. The number of fused-ring (bicyclic) bond motifs is 2. The van der Waals surface area contributed by atoms with Crippen molar-refractivity contribution in [2.24, 2.45) is 23.5 Å². The molecule has 2 aromatic rings. The molecule has 134 valence electrons. The van der Waals surface area contributed by atoms with E-state index in [1.807, 2.05) is 30.3 Å². The van der Waals surface area contributed by atoms with E-state index in [2.05, 4.69) is 5.32 Å². The van der Waals surface area contributed by atoms with Gasteiger partial charge >= 0.3 is 11.9 Å². The van der Waals surface area contributed by atoms with Gasteiger partial charge in [-0.05, 0) is 35.2 Å². The molecule has 0 spiro atoms. The fraction of sp³-hybridized carbons (Fsp3) is 0.316. The molecular formula is C19H18N2O5. The summed E-state index contributed by atoms with van der Waals surface area (Å²) in [7, 11) is 0. The van der Waals surface area contributed by atoms with Crippen molar-refractivity contribution in [1.82, 2.24) is 5.32 Å². The molecule has 0 saturated heterocycles. The van der Waals surface area contributed by atoms with Crippen LogP contribution in [0.1, 0.15) is 16.8 Å². The molecule has 7 nitrogen and oxygen atoms in total. The molecule has 26 heavy (non-hydrogen) atoms. The van der Waals surface area contributed by atoms with E-state index >= 15 is 0 Å². The Morgan fingerprint density at radius 1 is 1.08 bits per heavy atom. The highest BCUT2D eigenvalue weighted by atomic mass is 16.4. The van der Waals surface area contributed by atoms with E-state index in [1.165, 1.54) is 0 Å². The smallest absolute Gasteiger partial charge is 0.324 e. The highest BCUT2D eigenvalue weighted by molar-refractivity contribution is 5.99. The minimum Gasteiger partial charge on any atom is -0.481 e. The van der Waals surface area contributed by atoms with Gasteiger partial charge in [-0.2, -0.15) is 0 Å². The van der Waals surface area contributed by atoms with Crippen molar-refractivity contribution in [2.45, 2.75) is 18.0 Å². The second-order valence-electron chi connectivity index (χ2n) is 7.16. The number of hydrogen-bond donors (Lipinski definition) is 4. The van der Waals surface area contributed by atoms with Crippen LogP contribution in [0.4, 0.5) is 0 Å². The minimum atomic E-state index is -1.62. The van der Waals surface area contributed by atoms with Crippen LogP contribution in [0, 0.1) is 17.8 Å². The number of nitrogens with one attached hydrogen (secondary N) is 1. The zero-order valence-electron chi connectivity index (χ0n) is 13.8. The molecule has 2 fully saturated rings. The summed E-state index contributed by atoms with van der Waals surface area (Å²) < 4.78 is 0. The van der Waals surface area contributed by atoms with Crippen LogP contribution < -0.4 is 11.1 Å². The maximum Gasteiger partial charge on any atom is 0.324 e. The molecule has 2 aliphatic carbocycles. The number of benzene rings is 2. The summed E-state index contributed by atoms with van der Waals surface area (Å²) >= 11 is 0. The largest absolute Gasteiger partial charge is 0.481 e. The Bertz CT molecular complexity index is 942. The van der Waals surface area contributed by atoms with Crippen molar-refractivity contribution < 1.29 is 24.6 Å². The van der Waals surface area contributed by atoms with Gasteiger partial charge in [-0.25, -0.2) is 0 Å². The van der Waals surface area contributed by atoms with E-state index < -0.39 is 41.3 Å². The number of carboxylic acid groups (broad SMARTS) is 2. The lowest BCUT2D eigenvalue weighted by atomic mass is 9.90. The summed E-state index contributed by atoms with van der Waals surface area (Å²) in [6.45, 7) is 0. The topological polar surface area (TPSA) is 130 Å². The maximum absolute atomic E-state index is 12.6. The van der Waals surface area contributed by atoms with Gasteiger partial charge in [0.1, 0.15) is 5.54 Å². The second kappa shape index (κ2) is 5.54. The molecule has 0 unspecified atom stereocenters. The fourth-order valence-corrected chi connectivity index (χ4v) is 4.41. The predicted molar refractivity (Wildman–Crippen MR) is 92.5 cm³/mol. The third kappa shape index (κ3) is 2.35. The van der Waals surface area contributed by atoms with Gasteiger partial charge in [-0.3, -0.25) is 14.4 Å². The van der Waals surface area contributed by atoms with Gasteiger partial charge in [0.25, 0.3) is 5.91 Å². The van der Waals surface area contributed by atoms with Crippen LogP contribution in [0.15, 0.2) is 42.5 Å². The Kier molecular flexibility index (Phi) is 3.52. The summed E-state index contributed by atoms with van der Waals surface area (Å²) in [5.74, 6) is -4.58. The van der Waals surface area contributed by atoms with Crippen molar-refractivity contribution in [3.63, 3.8) is 0 Å². The first-order valence-electron chi connectivity index (χ1n) is 8.37. The van der Waals surface area contributed by atoms with Gasteiger partial charge < -0.3 is 21.3 Å². The number of nitrogens with two attached hydrogens (primary N) is 1. The van der Waals surface area contributed by atoms with E-state index in [1.54, 1.807) is 12.1 Å². The zero-order chi connectivity index (χ0) is 18.6. The third-order valence-electron chi connectivity index (χ3n) is 5.70. The lowest BCUT2D eigenvalue weighted by molar-refractivity contribution is -0.145. The summed E-state index contributed by atoms with van der Waals surface area (Å²) in [4.78, 5) is 35.5. The van der Waals surface area contributed by atoms with E-state index in [4.69, 9.17) is 5.73 Å². The lowest BCUT2D eigenvalue weighted by Gasteiger charge is -2.25. The first-order valence-corrected chi connectivity index (χ1v) is 8.37. The Hall–Kier alpha value is -2.93. The molecule has 2 saturated carbocycles. The van der Waals surface area contributed by atoms with Gasteiger partial charge in [0.05, 0.1) is 5.92 Å². The molecule has 4 rings (SSSR count). The molecule has 5 atom stereocenters. The van der Waals surface area contributed by atoms with Crippen molar-refractivity contribution >= 4 is 28.6 Å². The molecule has 0 heterocycles. The van der Waals surface area contributed by atoms with Gasteiger partial charge in [-0.1, -0.05) is 30.3 Å². The molecule has 7 heteroatoms. The molecule has 5 N–H and O–H groups in total. The molecule has 0 aromatic heterocycles. The number of amides is 1. The third-order valence-corrected chi connectivity index (χ3v) is 5.70. The number of aliphatic carboxylic acids is 2. The molecular weight excluding hydrogens is 336 g/mol. The van der Waals surface area contributed by atoms with Gasteiger partial charge in [0.15, 0.2) is 0 Å². The zero-order valence-corrected chi connectivity index (χ0v) is 13.8. The Labute approximate surface area is 148 Å². The fourth-order valence-electron chi connectivity index (χ4n) is 4.41. The minimum absolute atomic E-state index is 0.0285. The summed E-state index contributed by atoms with van der Waals surface area (Å²) in [6.07, 6.45) is 0.0285. The molecule has 1 amide bonds. The predicted octanol–water partition coefficient (Wildman–Crippen LogP) is 1.07. The van der Waals surface area contributed by atoms with E-state index in [-0.39, 0.29) is 12.3 Å². The summed E-state index contributed by atoms with van der Waals surface area (Å²) in [5.41, 5.74) is 4.81. The van der Waals surface area contributed by atoms with Gasteiger partial charge in [0, 0.05) is 17.5 Å². The quantitative estimate of drug-likeness (QED) is 0.650. The first kappa shape index (κ1) is 16.5. The van der Waals surface area contributed by atoms with Crippen molar-refractivity contribution in [3.05, 3.63) is 48.0 Å². The van der Waals surface area contributed by atoms with E-state index in [9.17, 15) is 24.6 Å². The number of carboxylic acids is 2. The van der Waals surface area contributed by atoms with Gasteiger partial charge in [0.2, 0.25) is 0 Å². The monoisotopic (exact) mass is 354 g/mol. The molecule has 2 aromatic carbocycles. The van der Waals surface area contributed by atoms with Crippen LogP contribution in [0.25, 0.3) is 10.8 Å². The number of hydrogen-bond acceptors (Lipinski definition) is 4. The van der Waals surface area contributed by atoms with Crippen LogP contribution in [0.2, 0.25) is 0 Å². The number of rotatable bonds is 4. The van der Waals surface area contributed by atoms with Gasteiger partial charge in [-0.15, -0.1) is 0 Å². The molecule has 0 radical (unpaired) electrons. The number of carbonyl (C=O) groups excluding carboxylic acids is 1. The molecule has 0 bridgehead atoms. The second-order valence-corrected chi connectivity index (χ2v) is 7.16. The normalized spacial score (nSPS) is 32.0. The average molecular weight is 354 g/mol. The summed E-state index contributed by atoms with van der Waals surface area (Å²) in [6, 6.07) is 12.3. The van der Waals surface area contributed by atoms with Crippen LogP contribution in [-0.4, -0.2) is 39.6 Å². The highest BCUT2D eigenvalue weighted by Gasteiger charge is 2.74. The van der Waals surface area contributed by atoms with Crippen molar-refractivity contribution in [3.8, 4) is 0 Å². The average Bonchev–Trinajstić information content (AvgIpc) is 3.30. The standard InChI is InChI=1S/C19H18N2O5/c20-19(18(25)26)8-12(13-14(15(13)19)17(23)24)21-16(22)11-6-5-9-3-1-2-4-10(9)7-11/h1-7,12-15H,8,20H2,(H,21,22)(H,23,24)(H,25,26)/t12-,13-,14-,15+,19-/m1/s1. The lowest BCUT2D eigenvalue weighted by Crippen LogP contribution is -2.52. The maximum atomic E-state index is 12.6. The SMILES string of the molecule is N[C@]1(C(=O)O)C[C@@H](NC(=O)c2ccc3ccccc3c2)[C@@H]2[C@@H](C(=O)O)[C@H]21. The van der Waals surface area contributed by atoms with Crippen LogP contribution in [-0.2, 0) is 9.59 Å². The van der Waals surface area contributed by atoms with Crippen LogP contribution in [0.5, 0.6) is 0 Å². The van der Waals surface area contributed by atoms with E-state index in [0.29, 0.717) is 5.56 Å². The van der Waals surface area contributed by atoms with Crippen LogP contribution in [0.3, 0.4) is 0 Å². The highest BCUT2D eigenvalue weighted by Crippen LogP contribution is 2.61. The molecule has 2 aliphatic rings. The number of carbonyl (C=O) groups is 3. The Balaban J connectivity index is 1.57. The Morgan fingerprint density at radius 3 is 2.42 bits per heavy atom. The summed E-state index contributed by atoms with van der Waals surface area (Å²) in [5, 5.41) is 23.4. The van der Waals surface area contributed by atoms with Crippen LogP contribution >= 0.6 is 0 Å². The Morgan fingerprint density at radius 2 is 1.77 bits per heavy atom. The van der Waals surface area contributed by atoms with E-state index in [0.717, 1.165) is 10.8 Å². The van der Waals surface area contributed by atoms with Crippen molar-refractivity contribution in [2.75, 3.05) is 0 Å². The first-order chi connectivity index (χ1) is 12.3. The van der Waals surface area contributed by atoms with Crippen molar-refractivity contribution in [1.29, 1.82) is 0 Å².